The fourth-order valence-electron chi connectivity index (χ4n) is 4.68. The zero-order valence-corrected chi connectivity index (χ0v) is 17.3. The minimum atomic E-state index is 0.335. The zero-order valence-electron chi connectivity index (χ0n) is 17.3. The predicted molar refractivity (Wildman–Crippen MR) is 125 cm³/mol. The van der Waals surface area contributed by atoms with Crippen molar-refractivity contribution in [3.05, 3.63) is 107 Å². The van der Waals surface area contributed by atoms with Crippen LogP contribution in [0.4, 0.5) is 5.82 Å². The van der Waals surface area contributed by atoms with Gasteiger partial charge in [0, 0.05) is 11.3 Å². The number of benzene rings is 3. The Morgan fingerprint density at radius 3 is 2.10 bits per heavy atom. The van der Waals surface area contributed by atoms with E-state index in [-0.39, 0.29) is 0 Å². The normalized spacial score (nSPS) is 15.1. The van der Waals surface area contributed by atoms with Gasteiger partial charge in [-0.1, -0.05) is 84.9 Å². The Balaban J connectivity index is 1.60. The van der Waals surface area contributed by atoms with E-state index in [1.54, 1.807) is 0 Å². The van der Waals surface area contributed by atoms with Crippen LogP contribution in [0.5, 0.6) is 0 Å². The fourth-order valence-corrected chi connectivity index (χ4v) is 4.68. The van der Waals surface area contributed by atoms with Gasteiger partial charge in [-0.2, -0.15) is 5.26 Å². The van der Waals surface area contributed by atoms with Gasteiger partial charge in [-0.25, -0.2) is 4.98 Å². The number of rotatable bonds is 3. The molecule has 5 rings (SSSR count). The molecule has 0 fully saturated rings. The molecule has 31 heavy (non-hydrogen) atoms. The third-order valence-electron chi connectivity index (χ3n) is 6.26. The van der Waals surface area contributed by atoms with E-state index in [9.17, 15) is 5.26 Å². The molecule has 0 spiro atoms. The third kappa shape index (κ3) is 3.58. The number of nitrogens with zero attached hydrogens (tertiary/aromatic N) is 2. The first-order valence-corrected chi connectivity index (χ1v) is 10.7. The van der Waals surface area contributed by atoms with Crippen LogP contribution in [0, 0.1) is 11.3 Å². The molecule has 0 saturated carbocycles. The average Bonchev–Trinajstić information content (AvgIpc) is 2.84. The number of nitrogens with two attached hydrogens (primary N) is 1. The smallest absolute Gasteiger partial charge is 0.142 e. The molecule has 1 aliphatic rings. The molecule has 0 bridgehead atoms. The fraction of sp³-hybridized carbons (Fsp3) is 0.143. The van der Waals surface area contributed by atoms with Gasteiger partial charge < -0.3 is 5.73 Å². The summed E-state index contributed by atoms with van der Waals surface area (Å²) in [6, 6.07) is 31.7. The number of aryl methyl sites for hydroxylation is 1. The molecule has 1 unspecified atom stereocenters. The lowest BCUT2D eigenvalue weighted by Crippen LogP contribution is -2.17. The predicted octanol–water partition coefficient (Wildman–Crippen LogP) is 6.14. The number of hydrogen-bond donors (Lipinski definition) is 1. The lowest BCUT2D eigenvalue weighted by molar-refractivity contribution is 0.576. The van der Waals surface area contributed by atoms with Crippen molar-refractivity contribution in [2.24, 2.45) is 0 Å². The second kappa shape index (κ2) is 8.08. The number of nitriles is 1. The summed E-state index contributed by atoms with van der Waals surface area (Å²) in [6.45, 7) is 0. The van der Waals surface area contributed by atoms with E-state index < -0.39 is 0 Å². The molecule has 3 aromatic carbocycles. The van der Waals surface area contributed by atoms with Crippen molar-refractivity contribution in [2.45, 2.75) is 25.2 Å². The first-order valence-electron chi connectivity index (χ1n) is 10.7. The zero-order chi connectivity index (χ0) is 21.2. The van der Waals surface area contributed by atoms with Crippen LogP contribution < -0.4 is 5.73 Å². The van der Waals surface area contributed by atoms with E-state index in [0.717, 1.165) is 41.6 Å². The summed E-state index contributed by atoms with van der Waals surface area (Å²) >= 11 is 0. The Morgan fingerprint density at radius 1 is 0.806 bits per heavy atom. The standard InChI is InChI=1S/C28H23N3/c29-18-25-27(22-13-11-21(12-14-22)19-7-3-1-4-8-19)24-17-23(20-9-5-2-6-10-20)15-16-26(24)31-28(25)30/h1-14,23H,15-17H2,(H2,30,31). The Morgan fingerprint density at radius 2 is 1.42 bits per heavy atom. The Bertz CT molecular complexity index is 1250. The van der Waals surface area contributed by atoms with Crippen LogP contribution in [0.15, 0.2) is 84.9 Å². The van der Waals surface area contributed by atoms with Gasteiger partial charge in [0.25, 0.3) is 0 Å². The summed E-state index contributed by atoms with van der Waals surface area (Å²) < 4.78 is 0. The molecule has 1 heterocycles. The molecule has 1 aromatic heterocycles. The second-order valence-electron chi connectivity index (χ2n) is 8.08. The molecular formula is C28H23N3. The highest BCUT2D eigenvalue weighted by molar-refractivity contribution is 5.81. The quantitative estimate of drug-likeness (QED) is 0.448. The summed E-state index contributed by atoms with van der Waals surface area (Å²) in [6.07, 6.45) is 2.79. The van der Waals surface area contributed by atoms with Crippen molar-refractivity contribution in [2.75, 3.05) is 5.73 Å². The maximum Gasteiger partial charge on any atom is 0.142 e. The minimum Gasteiger partial charge on any atom is -0.383 e. The van der Waals surface area contributed by atoms with E-state index in [2.05, 4.69) is 77.8 Å². The molecule has 1 atom stereocenters. The molecule has 0 amide bonds. The SMILES string of the molecule is N#Cc1c(N)nc2c(c1-c1ccc(-c3ccccc3)cc1)CC(c1ccccc1)CC2. The largest absolute Gasteiger partial charge is 0.383 e. The van der Waals surface area contributed by atoms with Crippen molar-refractivity contribution < 1.29 is 0 Å². The Kier molecular flexibility index (Phi) is 4.98. The summed E-state index contributed by atoms with van der Waals surface area (Å²) in [5, 5.41) is 9.91. The van der Waals surface area contributed by atoms with Crippen molar-refractivity contribution in [1.29, 1.82) is 5.26 Å². The van der Waals surface area contributed by atoms with Gasteiger partial charge in [0.05, 0.1) is 0 Å². The van der Waals surface area contributed by atoms with E-state index in [0.29, 0.717) is 17.3 Å². The number of hydrogen-bond acceptors (Lipinski definition) is 3. The number of anilines is 1. The second-order valence-corrected chi connectivity index (χ2v) is 8.08. The topological polar surface area (TPSA) is 62.7 Å². The maximum absolute atomic E-state index is 9.91. The van der Waals surface area contributed by atoms with Crippen LogP contribution in [-0.2, 0) is 12.8 Å². The van der Waals surface area contributed by atoms with Crippen LogP contribution in [-0.4, -0.2) is 4.98 Å². The van der Waals surface area contributed by atoms with Crippen molar-refractivity contribution in [1.82, 2.24) is 4.98 Å². The molecule has 2 N–H and O–H groups in total. The summed E-state index contributed by atoms with van der Waals surface area (Å²) in [5.74, 6) is 0.759. The molecule has 150 valence electrons. The van der Waals surface area contributed by atoms with Crippen LogP contribution >= 0.6 is 0 Å². The van der Waals surface area contributed by atoms with Crippen LogP contribution in [0.1, 0.15) is 34.7 Å². The van der Waals surface area contributed by atoms with E-state index in [1.807, 2.05) is 18.2 Å². The van der Waals surface area contributed by atoms with Gasteiger partial charge in [0.1, 0.15) is 17.5 Å². The van der Waals surface area contributed by atoms with Gasteiger partial charge in [0.15, 0.2) is 0 Å². The summed E-state index contributed by atoms with van der Waals surface area (Å²) in [5.41, 5.74) is 14.6. The molecule has 0 radical (unpaired) electrons. The monoisotopic (exact) mass is 401 g/mol. The van der Waals surface area contributed by atoms with Crippen molar-refractivity contribution in [3.63, 3.8) is 0 Å². The van der Waals surface area contributed by atoms with Crippen LogP contribution in [0.2, 0.25) is 0 Å². The molecule has 1 aliphatic carbocycles. The molecule has 0 aliphatic heterocycles. The van der Waals surface area contributed by atoms with Crippen molar-refractivity contribution >= 4 is 5.82 Å². The van der Waals surface area contributed by atoms with E-state index >= 15 is 0 Å². The lowest BCUT2D eigenvalue weighted by atomic mass is 9.78. The summed E-state index contributed by atoms with van der Waals surface area (Å²) in [7, 11) is 0. The van der Waals surface area contributed by atoms with Gasteiger partial charge >= 0.3 is 0 Å². The highest BCUT2D eigenvalue weighted by Crippen LogP contribution is 2.40. The number of nitrogen functional groups attached to an aromatic ring is 1. The van der Waals surface area contributed by atoms with Gasteiger partial charge in [0.2, 0.25) is 0 Å². The molecule has 3 nitrogen and oxygen atoms in total. The van der Waals surface area contributed by atoms with E-state index in [1.165, 1.54) is 16.7 Å². The number of fused-ring (bicyclic) bond motifs is 1. The van der Waals surface area contributed by atoms with Gasteiger partial charge in [-0.05, 0) is 53.0 Å². The minimum absolute atomic E-state index is 0.335. The molecule has 4 aromatic rings. The summed E-state index contributed by atoms with van der Waals surface area (Å²) in [4.78, 5) is 4.62. The first-order chi connectivity index (χ1) is 15.2. The molecule has 0 saturated heterocycles. The van der Waals surface area contributed by atoms with Gasteiger partial charge in [-0.3, -0.25) is 0 Å². The number of pyridine rings is 1. The Hall–Kier alpha value is -3.90. The highest BCUT2D eigenvalue weighted by atomic mass is 14.9. The van der Waals surface area contributed by atoms with Crippen molar-refractivity contribution in [3.8, 4) is 28.3 Å². The molecular weight excluding hydrogens is 378 g/mol. The third-order valence-corrected chi connectivity index (χ3v) is 6.26. The highest BCUT2D eigenvalue weighted by Gasteiger charge is 2.27. The first kappa shape index (κ1) is 19.1. The van der Waals surface area contributed by atoms with Crippen LogP contribution in [0.25, 0.3) is 22.3 Å². The Labute approximate surface area is 182 Å². The molecule has 3 heteroatoms. The lowest BCUT2D eigenvalue weighted by Gasteiger charge is -2.27. The average molecular weight is 402 g/mol. The van der Waals surface area contributed by atoms with Crippen LogP contribution in [0.3, 0.4) is 0 Å². The van der Waals surface area contributed by atoms with E-state index in [4.69, 9.17) is 5.73 Å². The van der Waals surface area contributed by atoms with Gasteiger partial charge in [-0.15, -0.1) is 0 Å². The number of aromatic nitrogens is 1. The maximum atomic E-state index is 9.91.